The van der Waals surface area contributed by atoms with Crippen molar-refractivity contribution in [2.75, 3.05) is 12.0 Å². The number of benzene rings is 1. The van der Waals surface area contributed by atoms with Gasteiger partial charge in [0, 0.05) is 16.9 Å². The van der Waals surface area contributed by atoms with Crippen LogP contribution in [0.3, 0.4) is 0 Å². The zero-order valence-corrected chi connectivity index (χ0v) is 10.1. The number of hydrogen-bond donors (Lipinski definition) is 0. The number of nitrogens with zero attached hydrogens (tertiary/aromatic N) is 1. The Morgan fingerprint density at radius 3 is 2.39 bits per heavy atom. The van der Waals surface area contributed by atoms with E-state index in [1.54, 1.807) is 24.3 Å². The molecule has 18 heavy (non-hydrogen) atoms. The third-order valence-corrected chi connectivity index (χ3v) is 2.68. The van der Waals surface area contributed by atoms with Gasteiger partial charge in [0.15, 0.2) is 0 Å². The highest BCUT2D eigenvalue weighted by Gasteiger charge is 2.36. The maximum atomic E-state index is 11.7. The summed E-state index contributed by atoms with van der Waals surface area (Å²) in [5, 5.41) is 0.508. The van der Waals surface area contributed by atoms with Crippen LogP contribution in [-0.2, 0) is 19.1 Å². The van der Waals surface area contributed by atoms with Crippen molar-refractivity contribution in [3.8, 4) is 0 Å². The van der Waals surface area contributed by atoms with E-state index in [1.165, 1.54) is 6.20 Å². The number of ether oxygens (including phenoxy) is 1. The third-order valence-electron chi connectivity index (χ3n) is 2.43. The Morgan fingerprint density at radius 1 is 1.22 bits per heavy atom. The molecule has 5 nitrogen and oxygen atoms in total. The highest BCUT2D eigenvalue weighted by molar-refractivity contribution is 6.55. The van der Waals surface area contributed by atoms with E-state index in [0.717, 1.165) is 12.0 Å². The zero-order chi connectivity index (χ0) is 13.3. The quantitative estimate of drug-likeness (QED) is 0.459. The van der Waals surface area contributed by atoms with Crippen LogP contribution in [0.2, 0.25) is 5.02 Å². The molecule has 0 aliphatic carbocycles. The zero-order valence-electron chi connectivity index (χ0n) is 9.34. The van der Waals surface area contributed by atoms with Gasteiger partial charge < -0.3 is 4.74 Å². The second-order valence-electron chi connectivity index (χ2n) is 3.52. The summed E-state index contributed by atoms with van der Waals surface area (Å²) >= 11 is 5.73. The molecule has 0 radical (unpaired) electrons. The van der Waals surface area contributed by atoms with Gasteiger partial charge in [-0.2, -0.15) is 0 Å². The van der Waals surface area contributed by atoms with Crippen molar-refractivity contribution in [2.45, 2.75) is 0 Å². The molecule has 0 unspecified atom stereocenters. The molecule has 0 N–H and O–H groups in total. The molecule has 2 rings (SSSR count). The van der Waals surface area contributed by atoms with Crippen molar-refractivity contribution >= 4 is 34.9 Å². The normalized spacial score (nSPS) is 14.8. The highest BCUT2D eigenvalue weighted by atomic mass is 35.5. The molecular formula is C12H8ClNO4. The predicted octanol–water partition coefficient (Wildman–Crippen LogP) is 1.31. The lowest BCUT2D eigenvalue weighted by molar-refractivity contribution is -0.140. The van der Waals surface area contributed by atoms with Crippen LogP contribution in [0.25, 0.3) is 0 Å². The van der Waals surface area contributed by atoms with Crippen LogP contribution in [0.4, 0.5) is 5.69 Å². The number of methoxy groups -OCH3 is 1. The molecule has 0 bridgehead atoms. The highest BCUT2D eigenvalue weighted by Crippen LogP contribution is 2.24. The average Bonchev–Trinajstić information content (AvgIpc) is 2.67. The maximum absolute atomic E-state index is 11.7. The molecule has 0 fully saturated rings. The standard InChI is InChI=1S/C12H8ClNO4/c1-18-12(17)9-6-14(11(16)10(9)15)8-4-2-7(13)3-5-8/h2-6H,1H3. The van der Waals surface area contributed by atoms with Gasteiger partial charge in [0.1, 0.15) is 5.57 Å². The fraction of sp³-hybridized carbons (Fsp3) is 0.0833. The summed E-state index contributed by atoms with van der Waals surface area (Å²) in [6.45, 7) is 0. The summed E-state index contributed by atoms with van der Waals surface area (Å²) < 4.78 is 4.43. The van der Waals surface area contributed by atoms with Crippen LogP contribution < -0.4 is 4.90 Å². The largest absolute Gasteiger partial charge is 0.465 e. The molecule has 0 saturated heterocycles. The Kier molecular flexibility index (Phi) is 3.16. The summed E-state index contributed by atoms with van der Waals surface area (Å²) in [5.74, 6) is -2.50. The first-order valence-electron chi connectivity index (χ1n) is 4.98. The van der Waals surface area contributed by atoms with E-state index in [1.807, 2.05) is 0 Å². The number of carbonyl (C=O) groups is 3. The van der Waals surface area contributed by atoms with Gasteiger partial charge in [-0.05, 0) is 24.3 Å². The molecule has 0 aromatic heterocycles. The number of ketones is 1. The van der Waals surface area contributed by atoms with Crippen LogP contribution in [0.5, 0.6) is 0 Å². The van der Waals surface area contributed by atoms with Gasteiger partial charge in [-0.1, -0.05) is 11.6 Å². The molecular weight excluding hydrogens is 258 g/mol. The molecule has 1 heterocycles. The predicted molar refractivity (Wildman–Crippen MR) is 64.0 cm³/mol. The number of carbonyl (C=O) groups excluding carboxylic acids is 3. The number of anilines is 1. The Balaban J connectivity index is 2.38. The van der Waals surface area contributed by atoms with Gasteiger partial charge in [-0.15, -0.1) is 0 Å². The molecule has 1 aromatic rings. The first kappa shape index (κ1) is 12.3. The monoisotopic (exact) mass is 265 g/mol. The second-order valence-corrected chi connectivity index (χ2v) is 3.95. The average molecular weight is 266 g/mol. The van der Waals surface area contributed by atoms with E-state index in [2.05, 4.69) is 4.74 Å². The van der Waals surface area contributed by atoms with Crippen LogP contribution in [0.15, 0.2) is 36.0 Å². The summed E-state index contributed by atoms with van der Waals surface area (Å²) in [6.07, 6.45) is 1.17. The number of hydrogen-bond acceptors (Lipinski definition) is 4. The summed E-state index contributed by atoms with van der Waals surface area (Å²) in [6, 6.07) is 6.31. The Labute approximate surface area is 108 Å². The van der Waals surface area contributed by atoms with Crippen LogP contribution in [0.1, 0.15) is 0 Å². The minimum atomic E-state index is -0.878. The van der Waals surface area contributed by atoms with Crippen molar-refractivity contribution in [3.05, 3.63) is 41.1 Å². The molecule has 0 atom stereocenters. The van der Waals surface area contributed by atoms with E-state index in [4.69, 9.17) is 11.6 Å². The number of halogens is 1. The number of Topliss-reactive ketones (excluding diaryl/α,β-unsaturated/α-hetero) is 1. The smallest absolute Gasteiger partial charge is 0.343 e. The SMILES string of the molecule is COC(=O)C1=CN(c2ccc(Cl)cc2)C(=O)C1=O. The Morgan fingerprint density at radius 2 is 1.83 bits per heavy atom. The first-order valence-corrected chi connectivity index (χ1v) is 5.36. The number of amides is 1. The fourth-order valence-electron chi connectivity index (χ4n) is 1.52. The fourth-order valence-corrected chi connectivity index (χ4v) is 1.65. The van der Waals surface area contributed by atoms with Crippen molar-refractivity contribution in [1.82, 2.24) is 0 Å². The minimum Gasteiger partial charge on any atom is -0.465 e. The molecule has 1 aromatic carbocycles. The van der Waals surface area contributed by atoms with Gasteiger partial charge in [0.2, 0.25) is 0 Å². The Bertz CT molecular complexity index is 562. The van der Waals surface area contributed by atoms with Crippen LogP contribution in [-0.4, -0.2) is 24.8 Å². The molecule has 0 spiro atoms. The van der Waals surface area contributed by atoms with E-state index in [9.17, 15) is 14.4 Å². The van der Waals surface area contributed by atoms with Gasteiger partial charge in [-0.25, -0.2) is 4.79 Å². The van der Waals surface area contributed by atoms with Crippen molar-refractivity contribution in [1.29, 1.82) is 0 Å². The topological polar surface area (TPSA) is 63.7 Å². The molecule has 1 amide bonds. The van der Waals surface area contributed by atoms with E-state index in [0.29, 0.717) is 10.7 Å². The molecule has 92 valence electrons. The lowest BCUT2D eigenvalue weighted by Crippen LogP contribution is -2.26. The van der Waals surface area contributed by atoms with Crippen LogP contribution >= 0.6 is 11.6 Å². The van der Waals surface area contributed by atoms with Gasteiger partial charge in [0.25, 0.3) is 5.78 Å². The van der Waals surface area contributed by atoms with Crippen molar-refractivity contribution < 1.29 is 19.1 Å². The van der Waals surface area contributed by atoms with Gasteiger partial charge >= 0.3 is 11.9 Å². The third kappa shape index (κ3) is 2.00. The van der Waals surface area contributed by atoms with Gasteiger partial charge in [-0.3, -0.25) is 14.5 Å². The Hall–Kier alpha value is -2.14. The van der Waals surface area contributed by atoms with Gasteiger partial charge in [0.05, 0.1) is 7.11 Å². The minimum absolute atomic E-state index is 0.280. The summed E-state index contributed by atoms with van der Waals surface area (Å²) in [7, 11) is 1.14. The second kappa shape index (κ2) is 4.62. The van der Waals surface area contributed by atoms with Crippen molar-refractivity contribution in [2.24, 2.45) is 0 Å². The molecule has 1 aliphatic rings. The lowest BCUT2D eigenvalue weighted by Gasteiger charge is -2.11. The summed E-state index contributed by atoms with van der Waals surface area (Å²) in [4.78, 5) is 35.7. The van der Waals surface area contributed by atoms with Crippen molar-refractivity contribution in [3.63, 3.8) is 0 Å². The lowest BCUT2D eigenvalue weighted by atomic mass is 10.2. The van der Waals surface area contributed by atoms with E-state index < -0.39 is 17.7 Å². The van der Waals surface area contributed by atoms with E-state index >= 15 is 0 Å². The first-order chi connectivity index (χ1) is 8.54. The number of rotatable bonds is 2. The maximum Gasteiger partial charge on any atom is 0.343 e. The van der Waals surface area contributed by atoms with Crippen LogP contribution in [0, 0.1) is 0 Å². The molecule has 0 saturated carbocycles. The number of esters is 1. The van der Waals surface area contributed by atoms with E-state index in [-0.39, 0.29) is 5.57 Å². The molecule has 6 heteroatoms. The molecule has 1 aliphatic heterocycles. The summed E-state index contributed by atoms with van der Waals surface area (Å²) in [5.41, 5.74) is 0.175.